The minimum absolute atomic E-state index is 0.0810. The van der Waals surface area contributed by atoms with Crippen LogP contribution in [0.2, 0.25) is 0 Å². The van der Waals surface area contributed by atoms with Crippen molar-refractivity contribution < 1.29 is 13.2 Å². The summed E-state index contributed by atoms with van der Waals surface area (Å²) >= 11 is 0. The van der Waals surface area contributed by atoms with Crippen molar-refractivity contribution in [1.29, 1.82) is 0 Å². The molecule has 1 aromatic rings. The van der Waals surface area contributed by atoms with E-state index in [9.17, 15) is 8.42 Å². The van der Waals surface area contributed by atoms with Crippen LogP contribution < -0.4 is 5.73 Å². The molecule has 2 N–H and O–H groups in total. The predicted molar refractivity (Wildman–Crippen MR) is 65.6 cm³/mol. The minimum Gasteiger partial charge on any atom is -0.379 e. The first-order valence-corrected chi connectivity index (χ1v) is 7.21. The molecular formula is C12H17NO3S. The van der Waals surface area contributed by atoms with Crippen LogP contribution in [0.4, 0.5) is 0 Å². The van der Waals surface area contributed by atoms with Gasteiger partial charge in [-0.2, -0.15) is 0 Å². The third-order valence-corrected chi connectivity index (χ3v) is 4.93. The quantitative estimate of drug-likeness (QED) is 0.862. The van der Waals surface area contributed by atoms with Crippen molar-refractivity contribution in [2.75, 3.05) is 13.2 Å². The zero-order valence-electron chi connectivity index (χ0n) is 9.80. The highest BCUT2D eigenvalue weighted by Gasteiger charge is 2.33. The smallest absolute Gasteiger partial charge is 0.185 e. The molecule has 1 atom stereocenters. The number of hydrogen-bond acceptors (Lipinski definition) is 4. The summed E-state index contributed by atoms with van der Waals surface area (Å²) in [4.78, 5) is 0.374. The van der Waals surface area contributed by atoms with Crippen molar-refractivity contribution >= 4 is 9.84 Å². The van der Waals surface area contributed by atoms with E-state index in [1.54, 1.807) is 12.1 Å². The molecule has 0 bridgehead atoms. The lowest BCUT2D eigenvalue weighted by Gasteiger charge is -2.25. The van der Waals surface area contributed by atoms with Gasteiger partial charge < -0.3 is 10.5 Å². The van der Waals surface area contributed by atoms with Crippen LogP contribution in [-0.4, -0.2) is 32.9 Å². The van der Waals surface area contributed by atoms with Crippen molar-refractivity contribution in [3.05, 3.63) is 29.8 Å². The van der Waals surface area contributed by atoms with Gasteiger partial charge in [0.2, 0.25) is 0 Å². The molecule has 1 aromatic carbocycles. The number of hydrogen-bond donors (Lipinski definition) is 1. The Morgan fingerprint density at radius 1 is 1.35 bits per heavy atom. The van der Waals surface area contributed by atoms with Crippen molar-refractivity contribution in [2.45, 2.75) is 29.5 Å². The Morgan fingerprint density at radius 2 is 1.94 bits per heavy atom. The summed E-state index contributed by atoms with van der Waals surface area (Å²) in [7, 11) is -3.20. The third-order valence-electron chi connectivity index (χ3n) is 2.86. The lowest BCUT2D eigenvalue weighted by molar-refractivity contribution is 0.0416. The number of benzene rings is 1. The summed E-state index contributed by atoms with van der Waals surface area (Å²) in [5, 5.41) is -0.373. The van der Waals surface area contributed by atoms with Gasteiger partial charge in [0, 0.05) is 6.04 Å². The van der Waals surface area contributed by atoms with Gasteiger partial charge in [-0.25, -0.2) is 8.42 Å². The van der Waals surface area contributed by atoms with Crippen LogP contribution in [0.3, 0.4) is 0 Å². The first-order valence-electron chi connectivity index (χ1n) is 5.66. The first kappa shape index (κ1) is 12.5. The molecule has 94 valence electrons. The summed E-state index contributed by atoms with van der Waals surface area (Å²) in [6.07, 6.45) is 0.757. The highest BCUT2D eigenvalue weighted by atomic mass is 32.2. The Bertz CT molecular complexity index is 475. The van der Waals surface area contributed by atoms with Crippen molar-refractivity contribution in [3.63, 3.8) is 0 Å². The number of nitrogens with two attached hydrogens (primary N) is 1. The van der Waals surface area contributed by atoms with Crippen LogP contribution >= 0.6 is 0 Å². The van der Waals surface area contributed by atoms with Crippen LogP contribution in [0, 0.1) is 0 Å². The fourth-order valence-corrected chi connectivity index (χ4v) is 3.22. The largest absolute Gasteiger partial charge is 0.379 e. The van der Waals surface area contributed by atoms with Gasteiger partial charge in [-0.1, -0.05) is 12.1 Å². The second kappa shape index (κ2) is 4.76. The minimum atomic E-state index is -3.20. The van der Waals surface area contributed by atoms with Gasteiger partial charge in [0.15, 0.2) is 9.84 Å². The fraction of sp³-hybridized carbons (Fsp3) is 0.500. The molecule has 0 amide bonds. The van der Waals surface area contributed by atoms with Gasteiger partial charge in [0.1, 0.15) is 5.25 Å². The summed E-state index contributed by atoms with van der Waals surface area (Å²) < 4.78 is 29.0. The topological polar surface area (TPSA) is 69.4 Å². The molecular weight excluding hydrogens is 238 g/mol. The van der Waals surface area contributed by atoms with Crippen molar-refractivity contribution in [2.24, 2.45) is 5.73 Å². The van der Waals surface area contributed by atoms with E-state index in [2.05, 4.69) is 0 Å². The molecule has 1 fully saturated rings. The van der Waals surface area contributed by atoms with E-state index >= 15 is 0 Å². The Morgan fingerprint density at radius 3 is 2.35 bits per heavy atom. The van der Waals surface area contributed by atoms with E-state index < -0.39 is 9.84 Å². The van der Waals surface area contributed by atoms with E-state index in [1.807, 2.05) is 19.1 Å². The Hall–Kier alpha value is -0.910. The second-order valence-corrected chi connectivity index (χ2v) is 6.76. The SMILES string of the molecule is CC(N)Cc1ccc(S(=O)(=O)C2COC2)cc1. The van der Waals surface area contributed by atoms with E-state index in [0.29, 0.717) is 18.1 Å². The standard InChI is InChI=1S/C12H17NO3S/c1-9(13)6-10-2-4-11(5-3-10)17(14,15)12-7-16-8-12/h2-5,9,12H,6-8,13H2,1H3. The summed E-state index contributed by atoms with van der Waals surface area (Å²) in [6, 6.07) is 7.06. The maximum Gasteiger partial charge on any atom is 0.185 e. The van der Waals surface area contributed by atoms with E-state index in [0.717, 1.165) is 12.0 Å². The molecule has 5 heteroatoms. The van der Waals surface area contributed by atoms with Crippen LogP contribution in [-0.2, 0) is 21.0 Å². The van der Waals surface area contributed by atoms with E-state index in [4.69, 9.17) is 10.5 Å². The maximum absolute atomic E-state index is 12.0. The van der Waals surface area contributed by atoms with E-state index in [-0.39, 0.29) is 11.3 Å². The first-order chi connectivity index (χ1) is 8.00. The summed E-state index contributed by atoms with van der Waals surface area (Å²) in [5.41, 5.74) is 6.75. The molecule has 0 aliphatic carbocycles. The number of ether oxygens (including phenoxy) is 1. The lowest BCUT2D eigenvalue weighted by Crippen LogP contribution is -2.40. The molecule has 4 nitrogen and oxygen atoms in total. The van der Waals surface area contributed by atoms with Gasteiger partial charge >= 0.3 is 0 Å². The average molecular weight is 255 g/mol. The van der Waals surface area contributed by atoms with Crippen molar-refractivity contribution in [3.8, 4) is 0 Å². The Kier molecular flexibility index (Phi) is 3.51. The zero-order chi connectivity index (χ0) is 12.5. The highest BCUT2D eigenvalue weighted by Crippen LogP contribution is 2.21. The van der Waals surface area contributed by atoms with Gasteiger partial charge in [-0.05, 0) is 31.0 Å². The second-order valence-electron chi connectivity index (χ2n) is 4.53. The molecule has 1 unspecified atom stereocenters. The van der Waals surface area contributed by atoms with Crippen LogP contribution in [0.5, 0.6) is 0 Å². The zero-order valence-corrected chi connectivity index (χ0v) is 10.6. The molecule has 1 aliphatic rings. The number of sulfone groups is 1. The monoisotopic (exact) mass is 255 g/mol. The summed E-state index contributed by atoms with van der Waals surface area (Å²) in [5.74, 6) is 0. The molecule has 0 spiro atoms. The molecule has 1 aliphatic heterocycles. The summed E-state index contributed by atoms with van der Waals surface area (Å²) in [6.45, 7) is 2.55. The normalized spacial score (nSPS) is 18.7. The van der Waals surface area contributed by atoms with Gasteiger partial charge in [0.25, 0.3) is 0 Å². The molecule has 0 radical (unpaired) electrons. The van der Waals surface area contributed by atoms with E-state index in [1.165, 1.54) is 0 Å². The Labute approximate surface area is 102 Å². The predicted octanol–water partition coefficient (Wildman–Crippen LogP) is 0.749. The lowest BCUT2D eigenvalue weighted by atomic mass is 10.1. The van der Waals surface area contributed by atoms with Crippen molar-refractivity contribution in [1.82, 2.24) is 0 Å². The molecule has 0 saturated carbocycles. The molecule has 2 rings (SSSR count). The molecule has 1 heterocycles. The van der Waals surface area contributed by atoms with Gasteiger partial charge in [-0.15, -0.1) is 0 Å². The fourth-order valence-electron chi connectivity index (χ4n) is 1.77. The van der Waals surface area contributed by atoms with Gasteiger partial charge in [-0.3, -0.25) is 0 Å². The molecule has 0 aromatic heterocycles. The highest BCUT2D eigenvalue weighted by molar-refractivity contribution is 7.92. The maximum atomic E-state index is 12.0. The average Bonchev–Trinajstić information content (AvgIpc) is 2.13. The van der Waals surface area contributed by atoms with Crippen LogP contribution in [0.15, 0.2) is 29.2 Å². The van der Waals surface area contributed by atoms with Crippen LogP contribution in [0.1, 0.15) is 12.5 Å². The molecule has 17 heavy (non-hydrogen) atoms. The van der Waals surface area contributed by atoms with Gasteiger partial charge in [0.05, 0.1) is 18.1 Å². The Balaban J connectivity index is 2.17. The third kappa shape index (κ3) is 2.68. The molecule has 1 saturated heterocycles. The van der Waals surface area contributed by atoms with Crippen LogP contribution in [0.25, 0.3) is 0 Å². The number of rotatable bonds is 4.